The summed E-state index contributed by atoms with van der Waals surface area (Å²) in [6.07, 6.45) is 2.47. The molecule has 0 fully saturated rings. The summed E-state index contributed by atoms with van der Waals surface area (Å²) in [6, 6.07) is 6.76. The van der Waals surface area contributed by atoms with E-state index in [2.05, 4.69) is 20.3 Å². The molecule has 0 saturated heterocycles. The molecule has 0 saturated carbocycles. The number of pyridine rings is 1. The molecule has 0 aliphatic carbocycles. The summed E-state index contributed by atoms with van der Waals surface area (Å²) in [6.45, 7) is -0.464. The van der Waals surface area contributed by atoms with Gasteiger partial charge in [-0.15, -0.1) is 0 Å². The highest BCUT2D eigenvalue weighted by atomic mass is 35.5. The molecule has 0 aromatic carbocycles. The van der Waals surface area contributed by atoms with E-state index in [1.54, 1.807) is 6.07 Å². The van der Waals surface area contributed by atoms with Crippen molar-refractivity contribution in [1.82, 2.24) is 15.0 Å². The number of anilines is 3. The third kappa shape index (κ3) is 3.82. The Morgan fingerprint density at radius 3 is 2.50 bits per heavy atom. The topological polar surface area (TPSA) is 145 Å². The molecule has 2 aromatic heterocycles. The summed E-state index contributed by atoms with van der Waals surface area (Å²) >= 11 is 5.74. The second-order valence-electron chi connectivity index (χ2n) is 4.31. The normalized spacial score (nSPS) is 9.62. The largest absolute Gasteiger partial charge is 0.353 e. The number of hydrogen-bond donors (Lipinski definition) is 1. The minimum absolute atomic E-state index is 0.110. The van der Waals surface area contributed by atoms with Gasteiger partial charge in [-0.25, -0.2) is 15.0 Å². The number of hydrogen-bond acceptors (Lipinski definition) is 9. The zero-order valence-electron chi connectivity index (χ0n) is 12.0. The molecule has 2 aromatic rings. The Labute approximate surface area is 141 Å². The van der Waals surface area contributed by atoms with Crippen LogP contribution in [-0.2, 0) is 0 Å². The van der Waals surface area contributed by atoms with Gasteiger partial charge in [0.15, 0.2) is 0 Å². The van der Waals surface area contributed by atoms with Crippen LogP contribution in [0.15, 0.2) is 24.7 Å². The predicted molar refractivity (Wildman–Crippen MR) is 84.7 cm³/mol. The van der Waals surface area contributed by atoms with Gasteiger partial charge < -0.3 is 10.2 Å². The van der Waals surface area contributed by atoms with Crippen LogP contribution in [0.3, 0.4) is 0 Å². The van der Waals surface area contributed by atoms with Gasteiger partial charge in [-0.05, 0) is 12.1 Å². The highest BCUT2D eigenvalue weighted by Gasteiger charge is 2.27. The highest BCUT2D eigenvalue weighted by Crippen LogP contribution is 2.33. The third-order valence-corrected chi connectivity index (χ3v) is 3.01. The van der Waals surface area contributed by atoms with Crippen molar-refractivity contribution >= 4 is 34.7 Å². The molecule has 120 valence electrons. The molecule has 0 aliphatic rings. The lowest BCUT2D eigenvalue weighted by Crippen LogP contribution is -2.26. The van der Waals surface area contributed by atoms with Gasteiger partial charge in [0.1, 0.15) is 25.2 Å². The van der Waals surface area contributed by atoms with Gasteiger partial charge in [0.25, 0.3) is 0 Å². The molecule has 0 bridgehead atoms. The van der Waals surface area contributed by atoms with E-state index in [0.717, 1.165) is 6.33 Å². The first kappa shape index (κ1) is 16.9. The van der Waals surface area contributed by atoms with Gasteiger partial charge in [0.05, 0.1) is 22.1 Å². The van der Waals surface area contributed by atoms with Crippen LogP contribution in [0.25, 0.3) is 0 Å². The Bertz CT molecular complexity index is 811. The van der Waals surface area contributed by atoms with Crippen molar-refractivity contribution in [2.75, 3.05) is 23.3 Å². The maximum Gasteiger partial charge on any atom is 0.353 e. The van der Waals surface area contributed by atoms with Crippen molar-refractivity contribution < 1.29 is 4.92 Å². The number of rotatable bonds is 6. The average molecular weight is 345 g/mol. The van der Waals surface area contributed by atoms with Crippen LogP contribution in [0.1, 0.15) is 0 Å². The first-order valence-electron chi connectivity index (χ1n) is 6.43. The molecule has 0 unspecified atom stereocenters. The van der Waals surface area contributed by atoms with Crippen LogP contribution < -0.4 is 10.2 Å². The van der Waals surface area contributed by atoms with Crippen LogP contribution in [0.4, 0.5) is 23.1 Å². The zero-order valence-corrected chi connectivity index (χ0v) is 12.8. The zero-order chi connectivity index (χ0) is 17.5. The molecule has 24 heavy (non-hydrogen) atoms. The fraction of sp³-hybridized carbons (Fsp3) is 0.154. The summed E-state index contributed by atoms with van der Waals surface area (Å²) in [5.41, 5.74) is -0.459. The second kappa shape index (κ2) is 7.67. The van der Waals surface area contributed by atoms with Gasteiger partial charge in [-0.1, -0.05) is 11.6 Å². The Balaban J connectivity index is 2.47. The lowest BCUT2D eigenvalue weighted by molar-refractivity contribution is -0.383. The number of nitrogens with one attached hydrogen (secondary N) is 1. The molecule has 0 spiro atoms. The molecule has 2 rings (SSSR count). The molecule has 0 atom stereocenters. The lowest BCUT2D eigenvalue weighted by atomic mass is 10.3. The van der Waals surface area contributed by atoms with E-state index in [-0.39, 0.29) is 24.7 Å². The average Bonchev–Trinajstić information content (AvgIpc) is 2.56. The summed E-state index contributed by atoms with van der Waals surface area (Å²) in [5, 5.41) is 32.2. The van der Waals surface area contributed by atoms with Gasteiger partial charge in [0.2, 0.25) is 11.6 Å². The number of nitro groups is 1. The quantitative estimate of drug-likeness (QED) is 0.472. The Hall–Kier alpha value is -3.50. The van der Waals surface area contributed by atoms with E-state index in [0.29, 0.717) is 10.8 Å². The molecule has 0 aliphatic heterocycles. The third-order valence-electron chi connectivity index (χ3n) is 2.78. The smallest absolute Gasteiger partial charge is 0.324 e. The summed E-state index contributed by atoms with van der Waals surface area (Å²) in [5.74, 6) is 0.0505. The number of nitriles is 2. The minimum atomic E-state index is -0.685. The van der Waals surface area contributed by atoms with E-state index >= 15 is 0 Å². The SMILES string of the molecule is N#CCN(CC#N)c1ncnc(Nc2ccc(Cl)cn2)c1[N+](=O)[O-]. The van der Waals surface area contributed by atoms with Crippen LogP contribution in [0, 0.1) is 32.8 Å². The van der Waals surface area contributed by atoms with Crippen molar-refractivity contribution in [2.45, 2.75) is 0 Å². The monoisotopic (exact) mass is 344 g/mol. The van der Waals surface area contributed by atoms with Gasteiger partial charge in [0, 0.05) is 6.20 Å². The maximum atomic E-state index is 11.5. The van der Waals surface area contributed by atoms with E-state index in [1.165, 1.54) is 17.2 Å². The number of nitrogens with zero attached hydrogens (tertiary/aromatic N) is 7. The first-order valence-corrected chi connectivity index (χ1v) is 6.81. The second-order valence-corrected chi connectivity index (χ2v) is 4.75. The summed E-state index contributed by atoms with van der Waals surface area (Å²) < 4.78 is 0. The molecule has 1 N–H and O–H groups in total. The molecule has 11 heteroatoms. The first-order chi connectivity index (χ1) is 11.6. The highest BCUT2D eigenvalue weighted by molar-refractivity contribution is 6.30. The lowest BCUT2D eigenvalue weighted by Gasteiger charge is -2.17. The number of halogens is 1. The van der Waals surface area contributed by atoms with Crippen molar-refractivity contribution in [3.05, 3.63) is 39.8 Å². The van der Waals surface area contributed by atoms with Gasteiger partial charge in [-0.3, -0.25) is 10.1 Å². The van der Waals surface area contributed by atoms with Crippen molar-refractivity contribution in [1.29, 1.82) is 10.5 Å². The van der Waals surface area contributed by atoms with Crippen molar-refractivity contribution in [3.63, 3.8) is 0 Å². The summed E-state index contributed by atoms with van der Waals surface area (Å²) in [4.78, 5) is 23.6. The van der Waals surface area contributed by atoms with Crippen LogP contribution in [-0.4, -0.2) is 33.0 Å². The minimum Gasteiger partial charge on any atom is -0.324 e. The molecule has 0 radical (unpaired) electrons. The molecule has 10 nitrogen and oxygen atoms in total. The molecular formula is C13H9ClN8O2. The van der Waals surface area contributed by atoms with E-state index in [4.69, 9.17) is 22.1 Å². The van der Waals surface area contributed by atoms with Gasteiger partial charge in [-0.2, -0.15) is 10.5 Å². The molecule has 0 amide bonds. The van der Waals surface area contributed by atoms with Gasteiger partial charge >= 0.3 is 5.69 Å². The van der Waals surface area contributed by atoms with Crippen LogP contribution >= 0.6 is 11.6 Å². The van der Waals surface area contributed by atoms with E-state index < -0.39 is 10.6 Å². The standard InChI is InChI=1S/C13H9ClN8O2/c14-9-1-2-10(17-7-9)20-12-11(22(23)24)13(19-8-18-12)21(5-3-15)6-4-16/h1-2,7-8H,5-6H2,(H,17,18,19,20). The molecular weight excluding hydrogens is 336 g/mol. The van der Waals surface area contributed by atoms with E-state index in [1.807, 2.05) is 12.1 Å². The maximum absolute atomic E-state index is 11.5. The Morgan fingerprint density at radius 2 is 1.96 bits per heavy atom. The fourth-order valence-electron chi connectivity index (χ4n) is 1.81. The van der Waals surface area contributed by atoms with E-state index in [9.17, 15) is 10.1 Å². The van der Waals surface area contributed by atoms with Crippen LogP contribution in [0.5, 0.6) is 0 Å². The van der Waals surface area contributed by atoms with Crippen molar-refractivity contribution in [2.24, 2.45) is 0 Å². The Kier molecular flexibility index (Phi) is 5.39. The fourth-order valence-corrected chi connectivity index (χ4v) is 1.92. The number of aromatic nitrogens is 3. The van der Waals surface area contributed by atoms with Crippen molar-refractivity contribution in [3.8, 4) is 12.1 Å². The summed E-state index contributed by atoms with van der Waals surface area (Å²) in [7, 11) is 0. The van der Waals surface area contributed by atoms with Crippen LogP contribution in [0.2, 0.25) is 5.02 Å². The Morgan fingerprint density at radius 1 is 1.25 bits per heavy atom. The predicted octanol–water partition coefficient (Wildman–Crippen LogP) is 2.03. The molecule has 2 heterocycles.